The van der Waals surface area contributed by atoms with Gasteiger partial charge in [-0.15, -0.1) is 0 Å². The minimum absolute atomic E-state index is 0.0480. The smallest absolute Gasteiger partial charge is 0.170 e. The number of nitrogens with two attached hydrogens (primary N) is 1. The fourth-order valence-corrected chi connectivity index (χ4v) is 4.81. The maximum Gasteiger partial charge on any atom is 0.170 e. The number of allylic oxidation sites excluding steroid dienone is 2. The Morgan fingerprint density at radius 2 is 2.12 bits per heavy atom. The van der Waals surface area contributed by atoms with Gasteiger partial charge < -0.3 is 16.0 Å². The van der Waals surface area contributed by atoms with Gasteiger partial charge in [0.25, 0.3) is 0 Å². The standard InChI is InChI=1S/C24H24FN5.C2H6/c1-15-17(12-26)14-30-23-18(6-7-24(30)8-9-24)22(20(25)21(27)19(15)23)29-11-3-5-16-4-2-10-28-13-16;1-2/h2,4,10,13-14,29H,1,3,5-9,11,27H2;1-2H3. The Labute approximate surface area is 189 Å². The van der Waals surface area contributed by atoms with Crippen LogP contribution in [0.15, 0.2) is 42.9 Å². The van der Waals surface area contributed by atoms with Crippen LogP contribution in [0, 0.1) is 17.1 Å². The first-order valence-corrected chi connectivity index (χ1v) is 11.4. The van der Waals surface area contributed by atoms with Crippen molar-refractivity contribution in [3.8, 4) is 6.07 Å². The van der Waals surface area contributed by atoms with E-state index in [4.69, 9.17) is 5.73 Å². The average molecular weight is 432 g/mol. The van der Waals surface area contributed by atoms with Gasteiger partial charge in [0.15, 0.2) is 5.82 Å². The number of benzene rings is 1. The highest BCUT2D eigenvalue weighted by molar-refractivity contribution is 6.00. The highest BCUT2D eigenvalue weighted by Crippen LogP contribution is 2.58. The van der Waals surface area contributed by atoms with Gasteiger partial charge in [-0.3, -0.25) is 4.98 Å². The van der Waals surface area contributed by atoms with E-state index in [9.17, 15) is 5.26 Å². The van der Waals surface area contributed by atoms with Crippen LogP contribution in [-0.2, 0) is 12.8 Å². The lowest BCUT2D eigenvalue weighted by atomic mass is 9.83. The molecule has 3 heterocycles. The summed E-state index contributed by atoms with van der Waals surface area (Å²) in [5.74, 6) is -0.433. The van der Waals surface area contributed by atoms with E-state index in [1.807, 2.05) is 38.4 Å². The molecule has 0 unspecified atom stereocenters. The van der Waals surface area contributed by atoms with Crippen molar-refractivity contribution in [3.63, 3.8) is 0 Å². The molecule has 3 aliphatic rings. The van der Waals surface area contributed by atoms with Crippen molar-refractivity contribution < 1.29 is 4.39 Å². The van der Waals surface area contributed by atoms with E-state index in [2.05, 4.69) is 27.8 Å². The first-order chi connectivity index (χ1) is 15.6. The van der Waals surface area contributed by atoms with E-state index in [-0.39, 0.29) is 11.2 Å². The Kier molecular flexibility index (Phi) is 5.92. The first kappa shape index (κ1) is 21.9. The highest BCUT2D eigenvalue weighted by Gasteiger charge is 2.52. The second-order valence-electron chi connectivity index (χ2n) is 8.42. The van der Waals surface area contributed by atoms with E-state index in [0.29, 0.717) is 28.9 Å². The number of nitrogens with zero attached hydrogens (tertiary/aromatic N) is 3. The zero-order valence-corrected chi connectivity index (χ0v) is 18.8. The van der Waals surface area contributed by atoms with Crippen LogP contribution in [0.2, 0.25) is 0 Å². The fraction of sp³-hybridized carbons (Fsp3) is 0.385. The van der Waals surface area contributed by atoms with E-state index < -0.39 is 5.82 Å². The molecule has 5 rings (SSSR count). The molecule has 1 aliphatic carbocycles. The number of halogens is 1. The van der Waals surface area contributed by atoms with E-state index >= 15 is 4.39 Å². The third-order valence-electron chi connectivity index (χ3n) is 6.64. The monoisotopic (exact) mass is 431 g/mol. The summed E-state index contributed by atoms with van der Waals surface area (Å²) in [6, 6.07) is 6.18. The Morgan fingerprint density at radius 3 is 2.78 bits per heavy atom. The van der Waals surface area contributed by atoms with Crippen LogP contribution < -0.4 is 16.0 Å². The van der Waals surface area contributed by atoms with Gasteiger partial charge in [0.1, 0.15) is 6.07 Å². The minimum Gasteiger partial charge on any atom is -0.396 e. The molecule has 1 aromatic heterocycles. The number of aryl methyl sites for hydroxylation is 1. The van der Waals surface area contributed by atoms with Crippen LogP contribution in [0.1, 0.15) is 56.2 Å². The second kappa shape index (κ2) is 8.66. The molecule has 6 heteroatoms. The van der Waals surface area contributed by atoms with Crippen LogP contribution >= 0.6 is 0 Å². The van der Waals surface area contributed by atoms with Crippen molar-refractivity contribution >= 4 is 22.6 Å². The van der Waals surface area contributed by atoms with Gasteiger partial charge in [-0.25, -0.2) is 4.39 Å². The molecular weight excluding hydrogens is 401 g/mol. The van der Waals surface area contributed by atoms with Crippen molar-refractivity contribution in [2.75, 3.05) is 22.5 Å². The quantitative estimate of drug-likeness (QED) is 0.476. The Morgan fingerprint density at radius 1 is 1.34 bits per heavy atom. The summed E-state index contributed by atoms with van der Waals surface area (Å²) in [5.41, 5.74) is 11.5. The summed E-state index contributed by atoms with van der Waals surface area (Å²) in [5, 5.41) is 12.9. The Bertz CT molecular complexity index is 1110. The summed E-state index contributed by atoms with van der Waals surface area (Å²) in [7, 11) is 0. The number of hydrogen-bond donors (Lipinski definition) is 2. The van der Waals surface area contributed by atoms with Crippen molar-refractivity contribution in [2.24, 2.45) is 0 Å². The number of anilines is 3. The largest absolute Gasteiger partial charge is 0.396 e. The summed E-state index contributed by atoms with van der Waals surface area (Å²) in [4.78, 5) is 6.32. The van der Waals surface area contributed by atoms with Crippen molar-refractivity contribution in [2.45, 2.75) is 57.9 Å². The zero-order valence-electron chi connectivity index (χ0n) is 18.8. The Balaban J connectivity index is 0.00000119. The molecule has 0 bridgehead atoms. The molecule has 1 fully saturated rings. The van der Waals surface area contributed by atoms with Crippen molar-refractivity contribution in [1.29, 1.82) is 5.26 Å². The molecule has 2 aliphatic heterocycles. The van der Waals surface area contributed by atoms with Gasteiger partial charge in [-0.05, 0) is 55.7 Å². The van der Waals surface area contributed by atoms with Gasteiger partial charge in [-0.1, -0.05) is 26.5 Å². The fourth-order valence-electron chi connectivity index (χ4n) is 4.81. The number of pyridine rings is 1. The average Bonchev–Trinajstić information content (AvgIpc) is 3.60. The van der Waals surface area contributed by atoms with Gasteiger partial charge in [-0.2, -0.15) is 5.26 Å². The first-order valence-electron chi connectivity index (χ1n) is 11.4. The molecule has 166 valence electrons. The maximum absolute atomic E-state index is 15.4. The summed E-state index contributed by atoms with van der Waals surface area (Å²) in [6.07, 6.45) is 11.2. The van der Waals surface area contributed by atoms with Gasteiger partial charge in [0, 0.05) is 41.8 Å². The maximum atomic E-state index is 15.4. The molecule has 1 spiro atoms. The predicted octanol–water partition coefficient (Wildman–Crippen LogP) is 5.59. The van der Waals surface area contributed by atoms with Gasteiger partial charge in [0.2, 0.25) is 0 Å². The van der Waals surface area contributed by atoms with Gasteiger partial charge >= 0.3 is 0 Å². The number of fused-ring (bicyclic) bond motifs is 1. The third kappa shape index (κ3) is 3.52. The molecular formula is C26H30FN5. The van der Waals surface area contributed by atoms with Crippen LogP contribution in [0.25, 0.3) is 5.57 Å². The van der Waals surface area contributed by atoms with Crippen molar-refractivity contribution in [3.05, 3.63) is 65.4 Å². The van der Waals surface area contributed by atoms with E-state index in [1.54, 1.807) is 6.20 Å². The SMILES string of the molecule is C=C1C(C#N)=CN2c3c(c(NCCCc4cccnc4)c(F)c(N)c31)CCC21CC1.CC. The normalized spacial score (nSPS) is 17.0. The lowest BCUT2D eigenvalue weighted by Crippen LogP contribution is -2.40. The van der Waals surface area contributed by atoms with E-state index in [1.165, 1.54) is 5.56 Å². The molecule has 0 atom stereocenters. The number of aromatic nitrogens is 1. The molecule has 2 aromatic rings. The number of rotatable bonds is 5. The molecule has 1 saturated carbocycles. The number of nitrogens with one attached hydrogen (secondary N) is 1. The molecule has 3 N–H and O–H groups in total. The molecule has 1 aromatic carbocycles. The topological polar surface area (TPSA) is 78.0 Å². The number of nitriles is 1. The Hall–Kier alpha value is -3.33. The van der Waals surface area contributed by atoms with Crippen LogP contribution in [-0.4, -0.2) is 17.1 Å². The van der Waals surface area contributed by atoms with Crippen LogP contribution in [0.3, 0.4) is 0 Å². The molecule has 5 nitrogen and oxygen atoms in total. The molecule has 0 saturated heterocycles. The minimum atomic E-state index is -0.433. The number of hydrogen-bond acceptors (Lipinski definition) is 5. The number of nitrogen functional groups attached to an aromatic ring is 1. The highest BCUT2D eigenvalue weighted by atomic mass is 19.1. The van der Waals surface area contributed by atoms with Crippen LogP contribution in [0.4, 0.5) is 21.5 Å². The summed E-state index contributed by atoms with van der Waals surface area (Å²) < 4.78 is 15.4. The zero-order chi connectivity index (χ0) is 22.9. The van der Waals surface area contributed by atoms with Crippen LogP contribution in [0.5, 0.6) is 0 Å². The lowest BCUT2D eigenvalue weighted by molar-refractivity contribution is 0.554. The second-order valence-corrected chi connectivity index (χ2v) is 8.42. The predicted molar refractivity (Wildman–Crippen MR) is 129 cm³/mol. The van der Waals surface area contributed by atoms with Crippen molar-refractivity contribution in [1.82, 2.24) is 4.98 Å². The van der Waals surface area contributed by atoms with E-state index in [0.717, 1.165) is 49.8 Å². The summed E-state index contributed by atoms with van der Waals surface area (Å²) >= 11 is 0. The van der Waals surface area contributed by atoms with Gasteiger partial charge in [0.05, 0.1) is 22.6 Å². The molecule has 0 amide bonds. The third-order valence-corrected chi connectivity index (χ3v) is 6.64. The molecule has 32 heavy (non-hydrogen) atoms. The lowest BCUT2D eigenvalue weighted by Gasteiger charge is -2.42. The summed E-state index contributed by atoms with van der Waals surface area (Å²) in [6.45, 7) is 8.70. The molecule has 0 radical (unpaired) electrons.